The highest BCUT2D eigenvalue weighted by Crippen LogP contribution is 2.33. The van der Waals surface area contributed by atoms with Gasteiger partial charge in [0.15, 0.2) is 10.9 Å². The average Bonchev–Trinajstić information content (AvgIpc) is 3.19. The quantitative estimate of drug-likeness (QED) is 0.668. The smallest absolute Gasteiger partial charge is 0.240 e. The number of thioether (sulfide) groups is 1. The van der Waals surface area contributed by atoms with Gasteiger partial charge in [0, 0.05) is 6.54 Å². The van der Waals surface area contributed by atoms with Gasteiger partial charge in [-0.25, -0.2) is 0 Å². The summed E-state index contributed by atoms with van der Waals surface area (Å²) >= 11 is 1.53. The molecular weight excluding hydrogens is 278 g/mol. The van der Waals surface area contributed by atoms with Crippen molar-refractivity contribution in [3.63, 3.8) is 0 Å². The minimum Gasteiger partial charge on any atom is -0.461 e. The van der Waals surface area contributed by atoms with E-state index in [0.717, 1.165) is 11.7 Å². The van der Waals surface area contributed by atoms with Crippen LogP contribution in [0, 0.1) is 0 Å². The largest absolute Gasteiger partial charge is 0.461 e. The molecular formula is C12H13N5O2S. The maximum absolute atomic E-state index is 5.27. The first kappa shape index (κ1) is 12.9. The summed E-state index contributed by atoms with van der Waals surface area (Å²) in [6.07, 6.45) is 3.28. The molecule has 0 aliphatic heterocycles. The summed E-state index contributed by atoms with van der Waals surface area (Å²) in [7, 11) is 0. The van der Waals surface area contributed by atoms with Crippen molar-refractivity contribution in [2.24, 2.45) is 0 Å². The van der Waals surface area contributed by atoms with E-state index in [1.165, 1.54) is 11.8 Å². The number of nitrogens with zero attached hydrogens (tertiary/aromatic N) is 5. The molecule has 0 amide bonds. The highest BCUT2D eigenvalue weighted by molar-refractivity contribution is 7.99. The molecule has 0 spiro atoms. The Bertz CT molecular complexity index is 676. The van der Waals surface area contributed by atoms with Crippen molar-refractivity contribution in [1.82, 2.24) is 24.9 Å². The van der Waals surface area contributed by atoms with Gasteiger partial charge in [-0.05, 0) is 26.0 Å². The van der Waals surface area contributed by atoms with E-state index >= 15 is 0 Å². The van der Waals surface area contributed by atoms with E-state index in [1.807, 2.05) is 18.4 Å². The average molecular weight is 291 g/mol. The van der Waals surface area contributed by atoms with Crippen LogP contribution >= 0.6 is 11.8 Å². The lowest BCUT2D eigenvalue weighted by atomic mass is 10.4. The lowest BCUT2D eigenvalue weighted by Gasteiger charge is -2.06. The molecule has 3 heterocycles. The molecule has 0 saturated carbocycles. The Morgan fingerprint density at radius 3 is 3.10 bits per heavy atom. The molecule has 0 unspecified atom stereocenters. The van der Waals surface area contributed by atoms with Crippen LogP contribution in [-0.4, -0.2) is 24.9 Å². The predicted molar refractivity (Wildman–Crippen MR) is 72.0 cm³/mol. The van der Waals surface area contributed by atoms with Crippen LogP contribution in [0.3, 0.4) is 0 Å². The second kappa shape index (κ2) is 5.49. The Morgan fingerprint density at radius 2 is 2.35 bits per heavy atom. The van der Waals surface area contributed by atoms with Crippen LogP contribution in [0.1, 0.15) is 25.0 Å². The Balaban J connectivity index is 1.76. The van der Waals surface area contributed by atoms with Crippen LogP contribution in [0.2, 0.25) is 0 Å². The van der Waals surface area contributed by atoms with Crippen molar-refractivity contribution in [1.29, 1.82) is 0 Å². The minimum atomic E-state index is -0.0132. The molecule has 0 N–H and O–H groups in total. The predicted octanol–water partition coefficient (Wildman–Crippen LogP) is 2.79. The Labute approximate surface area is 119 Å². The van der Waals surface area contributed by atoms with Gasteiger partial charge in [0.1, 0.15) is 6.33 Å². The molecule has 0 radical (unpaired) electrons. The SMILES string of the molecule is CCn1cnnc1S[C@@H](C)c1nc(-c2ccco2)no1. The number of hydrogen-bond donors (Lipinski definition) is 0. The monoisotopic (exact) mass is 291 g/mol. The number of rotatable bonds is 5. The van der Waals surface area contributed by atoms with E-state index in [1.54, 1.807) is 24.7 Å². The van der Waals surface area contributed by atoms with Gasteiger partial charge < -0.3 is 13.5 Å². The number of furan rings is 1. The van der Waals surface area contributed by atoms with E-state index in [0.29, 0.717) is 17.5 Å². The Hall–Kier alpha value is -2.09. The van der Waals surface area contributed by atoms with Crippen LogP contribution in [-0.2, 0) is 6.54 Å². The van der Waals surface area contributed by atoms with Crippen molar-refractivity contribution in [3.8, 4) is 11.6 Å². The lowest BCUT2D eigenvalue weighted by molar-refractivity contribution is 0.379. The van der Waals surface area contributed by atoms with E-state index < -0.39 is 0 Å². The summed E-state index contributed by atoms with van der Waals surface area (Å²) in [5.41, 5.74) is 0. The molecule has 3 aromatic heterocycles. The van der Waals surface area contributed by atoms with Gasteiger partial charge >= 0.3 is 0 Å². The summed E-state index contributed by atoms with van der Waals surface area (Å²) in [5.74, 6) is 1.58. The molecule has 1 atom stereocenters. The molecule has 0 saturated heterocycles. The highest BCUT2D eigenvalue weighted by atomic mass is 32.2. The van der Waals surface area contributed by atoms with Crippen molar-refractivity contribution >= 4 is 11.8 Å². The van der Waals surface area contributed by atoms with Gasteiger partial charge in [-0.3, -0.25) is 0 Å². The van der Waals surface area contributed by atoms with E-state index in [4.69, 9.17) is 8.94 Å². The van der Waals surface area contributed by atoms with Crippen molar-refractivity contribution in [2.45, 2.75) is 30.8 Å². The van der Waals surface area contributed by atoms with Gasteiger partial charge in [0.25, 0.3) is 0 Å². The zero-order valence-corrected chi connectivity index (χ0v) is 11.9. The van der Waals surface area contributed by atoms with Crippen molar-refractivity contribution in [3.05, 3.63) is 30.6 Å². The van der Waals surface area contributed by atoms with Crippen molar-refractivity contribution in [2.75, 3.05) is 0 Å². The summed E-state index contributed by atoms with van der Waals surface area (Å²) < 4.78 is 12.5. The first-order valence-corrected chi connectivity index (χ1v) is 7.08. The van der Waals surface area contributed by atoms with Crippen LogP contribution in [0.4, 0.5) is 0 Å². The molecule has 104 valence electrons. The third-order valence-electron chi connectivity index (χ3n) is 2.73. The van der Waals surface area contributed by atoms with E-state index in [2.05, 4.69) is 20.3 Å². The maximum Gasteiger partial charge on any atom is 0.240 e. The van der Waals surface area contributed by atoms with Crippen molar-refractivity contribution < 1.29 is 8.94 Å². The molecule has 3 aromatic rings. The van der Waals surface area contributed by atoms with Gasteiger partial charge in [-0.2, -0.15) is 4.98 Å². The fourth-order valence-corrected chi connectivity index (χ4v) is 2.59. The zero-order chi connectivity index (χ0) is 13.9. The normalized spacial score (nSPS) is 12.7. The van der Waals surface area contributed by atoms with Gasteiger partial charge in [0.05, 0.1) is 11.5 Å². The van der Waals surface area contributed by atoms with Crippen LogP contribution in [0.25, 0.3) is 11.6 Å². The Morgan fingerprint density at radius 1 is 1.45 bits per heavy atom. The minimum absolute atomic E-state index is 0.0132. The third-order valence-corrected chi connectivity index (χ3v) is 3.82. The lowest BCUT2D eigenvalue weighted by Crippen LogP contribution is -1.97. The third kappa shape index (κ3) is 2.46. The second-order valence-corrected chi connectivity index (χ2v) is 5.40. The van der Waals surface area contributed by atoms with Gasteiger partial charge in [-0.15, -0.1) is 10.2 Å². The number of hydrogen-bond acceptors (Lipinski definition) is 7. The first-order chi connectivity index (χ1) is 9.78. The van der Waals surface area contributed by atoms with Gasteiger partial charge in [0.2, 0.25) is 11.7 Å². The summed E-state index contributed by atoms with van der Waals surface area (Å²) in [4.78, 5) is 4.34. The molecule has 0 aliphatic rings. The fourth-order valence-electron chi connectivity index (χ4n) is 1.67. The molecule has 20 heavy (non-hydrogen) atoms. The molecule has 7 nitrogen and oxygen atoms in total. The topological polar surface area (TPSA) is 82.8 Å². The number of aryl methyl sites for hydroxylation is 1. The first-order valence-electron chi connectivity index (χ1n) is 6.20. The van der Waals surface area contributed by atoms with Crippen LogP contribution < -0.4 is 0 Å². The molecule has 0 aromatic carbocycles. The van der Waals surface area contributed by atoms with Crippen LogP contribution in [0.15, 0.2) is 38.8 Å². The Kier molecular flexibility index (Phi) is 3.55. The fraction of sp³-hybridized carbons (Fsp3) is 0.333. The zero-order valence-electron chi connectivity index (χ0n) is 11.1. The van der Waals surface area contributed by atoms with E-state index in [9.17, 15) is 0 Å². The summed E-state index contributed by atoms with van der Waals surface area (Å²) in [6.45, 7) is 4.85. The molecule has 0 bridgehead atoms. The molecule has 8 heteroatoms. The second-order valence-electron chi connectivity index (χ2n) is 4.09. The standard InChI is InChI=1S/C12H13N5O2S/c1-3-17-7-13-15-12(17)20-8(2)11-14-10(16-19-11)9-5-4-6-18-9/h4-8H,3H2,1-2H3/t8-/m0/s1. The summed E-state index contributed by atoms with van der Waals surface area (Å²) in [6, 6.07) is 3.58. The summed E-state index contributed by atoms with van der Waals surface area (Å²) in [5, 5.41) is 12.7. The maximum atomic E-state index is 5.27. The van der Waals surface area contributed by atoms with Gasteiger partial charge in [-0.1, -0.05) is 16.9 Å². The highest BCUT2D eigenvalue weighted by Gasteiger charge is 2.19. The molecule has 0 aliphatic carbocycles. The molecule has 3 rings (SSSR count). The van der Waals surface area contributed by atoms with Crippen LogP contribution in [0.5, 0.6) is 0 Å². The molecule has 0 fully saturated rings. The number of aromatic nitrogens is 5. The van der Waals surface area contributed by atoms with E-state index in [-0.39, 0.29) is 5.25 Å².